The first-order valence-corrected chi connectivity index (χ1v) is 9.09. The average molecular weight is 359 g/mol. The molecule has 26 heavy (non-hydrogen) atoms. The fourth-order valence-corrected chi connectivity index (χ4v) is 3.34. The molecule has 2 aromatic rings. The predicted molar refractivity (Wildman–Crippen MR) is 95.0 cm³/mol. The zero-order valence-corrected chi connectivity index (χ0v) is 15.3. The highest BCUT2D eigenvalue weighted by Crippen LogP contribution is 2.35. The minimum absolute atomic E-state index is 0.0946. The molecule has 1 saturated carbocycles. The molecular weight excluding hydrogens is 334 g/mol. The van der Waals surface area contributed by atoms with Crippen LogP contribution in [0.5, 0.6) is 11.5 Å². The molecule has 0 aliphatic heterocycles. The number of hydrogen-bond donors (Lipinski definition) is 1. The highest BCUT2D eigenvalue weighted by molar-refractivity contribution is 5.78. The van der Waals surface area contributed by atoms with Crippen LogP contribution in [0, 0.1) is 6.92 Å². The molecular formula is C19H25N3O4. The van der Waals surface area contributed by atoms with Gasteiger partial charge >= 0.3 is 0 Å². The molecule has 1 N–H and O–H groups in total. The lowest BCUT2D eigenvalue weighted by Crippen LogP contribution is -2.49. The lowest BCUT2D eigenvalue weighted by molar-refractivity contribution is -0.125. The van der Waals surface area contributed by atoms with Gasteiger partial charge < -0.3 is 19.3 Å². The van der Waals surface area contributed by atoms with Gasteiger partial charge in [0.2, 0.25) is 5.89 Å². The molecule has 0 saturated heterocycles. The Morgan fingerprint density at radius 2 is 1.88 bits per heavy atom. The van der Waals surface area contributed by atoms with E-state index in [1.807, 2.05) is 25.1 Å². The molecule has 1 aromatic carbocycles. The Bertz CT molecular complexity index is 738. The van der Waals surface area contributed by atoms with Crippen LogP contribution in [0.1, 0.15) is 50.7 Å². The van der Waals surface area contributed by atoms with Crippen molar-refractivity contribution in [3.8, 4) is 11.5 Å². The number of benzene rings is 1. The normalized spacial score (nSPS) is 16.1. The van der Waals surface area contributed by atoms with E-state index in [2.05, 4.69) is 15.5 Å². The molecule has 7 heteroatoms. The van der Waals surface area contributed by atoms with Gasteiger partial charge in [-0.1, -0.05) is 36.6 Å². The van der Waals surface area contributed by atoms with Crippen LogP contribution in [0.2, 0.25) is 0 Å². The Hall–Kier alpha value is -2.57. The van der Waals surface area contributed by atoms with Crippen molar-refractivity contribution in [1.82, 2.24) is 15.5 Å². The lowest BCUT2D eigenvalue weighted by atomic mass is 9.81. The van der Waals surface area contributed by atoms with Crippen LogP contribution in [0.3, 0.4) is 0 Å². The van der Waals surface area contributed by atoms with Crippen LogP contribution in [0.15, 0.2) is 28.8 Å². The Morgan fingerprint density at radius 1 is 1.19 bits per heavy atom. The number of hydrogen-bond acceptors (Lipinski definition) is 6. The molecule has 1 amide bonds. The lowest BCUT2D eigenvalue weighted by Gasteiger charge is -2.35. The maximum atomic E-state index is 12.6. The zero-order valence-electron chi connectivity index (χ0n) is 15.3. The summed E-state index contributed by atoms with van der Waals surface area (Å²) in [5.41, 5.74) is -0.574. The van der Waals surface area contributed by atoms with Crippen molar-refractivity contribution >= 4 is 5.91 Å². The predicted octanol–water partition coefficient (Wildman–Crippen LogP) is 3.13. The van der Waals surface area contributed by atoms with E-state index in [4.69, 9.17) is 14.0 Å². The molecule has 1 aliphatic carbocycles. The van der Waals surface area contributed by atoms with Gasteiger partial charge in [-0.15, -0.1) is 0 Å². The number of ether oxygens (including phenoxy) is 2. The molecule has 0 radical (unpaired) electrons. The van der Waals surface area contributed by atoms with E-state index in [-0.39, 0.29) is 12.5 Å². The quantitative estimate of drug-likeness (QED) is 0.817. The summed E-state index contributed by atoms with van der Waals surface area (Å²) in [6, 6.07) is 7.33. The van der Waals surface area contributed by atoms with Crippen molar-refractivity contribution in [2.24, 2.45) is 0 Å². The van der Waals surface area contributed by atoms with Crippen molar-refractivity contribution < 1.29 is 18.8 Å². The van der Waals surface area contributed by atoms with Crippen LogP contribution >= 0.6 is 0 Å². The van der Waals surface area contributed by atoms with Gasteiger partial charge in [0.25, 0.3) is 5.91 Å². The minimum atomic E-state index is -0.574. The molecule has 1 heterocycles. The Kier molecular flexibility index (Phi) is 5.75. The zero-order chi connectivity index (χ0) is 18.4. The summed E-state index contributed by atoms with van der Waals surface area (Å²) in [6.45, 7) is 4.10. The number of amides is 1. The monoisotopic (exact) mass is 359 g/mol. The average Bonchev–Trinajstić information content (AvgIpc) is 3.09. The van der Waals surface area contributed by atoms with E-state index in [0.717, 1.165) is 32.1 Å². The van der Waals surface area contributed by atoms with Crippen LogP contribution in [-0.4, -0.2) is 29.3 Å². The number of para-hydroxylation sites is 2. The van der Waals surface area contributed by atoms with Crippen molar-refractivity contribution in [2.45, 2.75) is 51.5 Å². The van der Waals surface area contributed by atoms with Gasteiger partial charge in [0.1, 0.15) is 5.54 Å². The number of rotatable bonds is 7. The molecule has 140 valence electrons. The van der Waals surface area contributed by atoms with Crippen LogP contribution < -0.4 is 14.8 Å². The van der Waals surface area contributed by atoms with E-state index in [1.54, 1.807) is 13.0 Å². The summed E-state index contributed by atoms with van der Waals surface area (Å²) in [7, 11) is 0. The maximum absolute atomic E-state index is 12.6. The molecule has 0 atom stereocenters. The summed E-state index contributed by atoms with van der Waals surface area (Å²) in [5, 5.41) is 7.15. The van der Waals surface area contributed by atoms with E-state index >= 15 is 0 Å². The number of carbonyl (C=O) groups excluding carboxylic acids is 1. The Balaban J connectivity index is 1.67. The second-order valence-corrected chi connectivity index (χ2v) is 6.50. The summed E-state index contributed by atoms with van der Waals surface area (Å²) in [6.07, 6.45) is 4.77. The number of aryl methyl sites for hydroxylation is 1. The van der Waals surface area contributed by atoms with Crippen molar-refractivity contribution in [3.63, 3.8) is 0 Å². The van der Waals surface area contributed by atoms with Crippen molar-refractivity contribution in [1.29, 1.82) is 0 Å². The van der Waals surface area contributed by atoms with Gasteiger partial charge in [-0.3, -0.25) is 4.79 Å². The first kappa shape index (κ1) is 18.2. The Morgan fingerprint density at radius 3 is 2.50 bits per heavy atom. The molecule has 1 fully saturated rings. The number of aromatic nitrogens is 2. The number of nitrogens with zero attached hydrogens (tertiary/aromatic N) is 2. The third kappa shape index (κ3) is 4.15. The second kappa shape index (κ2) is 8.21. The van der Waals surface area contributed by atoms with Gasteiger partial charge in [-0.25, -0.2) is 0 Å². The van der Waals surface area contributed by atoms with E-state index in [0.29, 0.717) is 29.8 Å². The molecule has 1 aliphatic rings. The largest absolute Gasteiger partial charge is 0.490 e. The van der Waals surface area contributed by atoms with Crippen LogP contribution in [-0.2, 0) is 10.3 Å². The molecule has 0 unspecified atom stereocenters. The highest BCUT2D eigenvalue weighted by Gasteiger charge is 2.39. The minimum Gasteiger partial charge on any atom is -0.490 e. The first-order valence-electron chi connectivity index (χ1n) is 9.09. The standard InChI is InChI=1S/C19H25N3O4/c1-3-24-15-9-5-6-10-16(15)25-13-17(23)21-19(11-7-4-8-12-19)18-20-14(2)26-22-18/h5-6,9-10H,3-4,7-8,11-13H2,1-2H3,(H,21,23). The summed E-state index contributed by atoms with van der Waals surface area (Å²) < 4.78 is 16.3. The Labute approximate surface area is 153 Å². The maximum Gasteiger partial charge on any atom is 0.258 e. The van der Waals surface area contributed by atoms with E-state index < -0.39 is 5.54 Å². The van der Waals surface area contributed by atoms with Crippen molar-refractivity contribution in [3.05, 3.63) is 36.0 Å². The topological polar surface area (TPSA) is 86.5 Å². The molecule has 0 bridgehead atoms. The fraction of sp³-hybridized carbons (Fsp3) is 0.526. The number of nitrogens with one attached hydrogen (secondary N) is 1. The SMILES string of the molecule is CCOc1ccccc1OCC(=O)NC1(c2noc(C)n2)CCCCC1. The molecule has 7 nitrogen and oxygen atoms in total. The van der Waals surface area contributed by atoms with Gasteiger partial charge in [0.15, 0.2) is 23.9 Å². The molecule has 1 aromatic heterocycles. The summed E-state index contributed by atoms with van der Waals surface area (Å²) in [5.74, 6) is 2.03. The van der Waals surface area contributed by atoms with Crippen LogP contribution in [0.25, 0.3) is 0 Å². The first-order chi connectivity index (χ1) is 12.6. The smallest absolute Gasteiger partial charge is 0.258 e. The highest BCUT2D eigenvalue weighted by atomic mass is 16.5. The molecule has 3 rings (SSSR count). The van der Waals surface area contributed by atoms with Gasteiger partial charge in [0, 0.05) is 6.92 Å². The third-order valence-electron chi connectivity index (χ3n) is 4.55. The second-order valence-electron chi connectivity index (χ2n) is 6.50. The van der Waals surface area contributed by atoms with E-state index in [9.17, 15) is 4.79 Å². The summed E-state index contributed by atoms with van der Waals surface area (Å²) >= 11 is 0. The van der Waals surface area contributed by atoms with Gasteiger partial charge in [0.05, 0.1) is 6.61 Å². The summed E-state index contributed by atoms with van der Waals surface area (Å²) in [4.78, 5) is 16.9. The third-order valence-corrected chi connectivity index (χ3v) is 4.55. The van der Waals surface area contributed by atoms with Gasteiger partial charge in [-0.2, -0.15) is 4.98 Å². The van der Waals surface area contributed by atoms with Crippen molar-refractivity contribution in [2.75, 3.05) is 13.2 Å². The fourth-order valence-electron chi connectivity index (χ4n) is 3.34. The van der Waals surface area contributed by atoms with E-state index in [1.165, 1.54) is 0 Å². The van der Waals surface area contributed by atoms with Gasteiger partial charge in [-0.05, 0) is 31.9 Å². The molecule has 0 spiro atoms. The van der Waals surface area contributed by atoms with Crippen LogP contribution in [0.4, 0.5) is 0 Å². The number of carbonyl (C=O) groups is 1.